The van der Waals surface area contributed by atoms with E-state index >= 15 is 0 Å². The van der Waals surface area contributed by atoms with Gasteiger partial charge in [-0.25, -0.2) is 9.07 Å². The van der Waals surface area contributed by atoms with Crippen molar-refractivity contribution in [1.29, 1.82) is 5.26 Å². The van der Waals surface area contributed by atoms with Crippen molar-refractivity contribution in [2.24, 2.45) is 0 Å². The Hall–Kier alpha value is -4.76. The van der Waals surface area contributed by atoms with Gasteiger partial charge in [0.25, 0.3) is 0 Å². The number of nitriles is 1. The van der Waals surface area contributed by atoms with Gasteiger partial charge in [0.2, 0.25) is 5.91 Å². The van der Waals surface area contributed by atoms with Crippen LogP contribution in [0.15, 0.2) is 67.0 Å². The standard InChI is InChI=1S/C37H36Cl2FN9O/c1-37(2,3)47-12-9-26(10-13-47)49-21-32(45-46-49)35(22-5-4-6-27(15-22)48-14-11-33(48)50)44-25-16-28-34(43-24-7-8-31(40)29(38)17-24)23(19-41)20-42-36(28)30(39)18-25/h4-8,15-18,20-21,26,35,44H,9-14H2,1-3H3,(H,42,43)/t35-/m0/s1. The highest BCUT2D eigenvalue weighted by atomic mass is 35.5. The number of nitrogens with zero attached hydrogens (tertiary/aromatic N) is 7. The molecule has 13 heteroatoms. The Morgan fingerprint density at radius 1 is 1.02 bits per heavy atom. The van der Waals surface area contributed by atoms with Crippen molar-refractivity contribution in [3.05, 3.63) is 99.7 Å². The lowest BCUT2D eigenvalue weighted by Crippen LogP contribution is -2.46. The van der Waals surface area contributed by atoms with E-state index in [0.717, 1.165) is 37.2 Å². The second-order valence-corrected chi connectivity index (χ2v) is 14.6. The summed E-state index contributed by atoms with van der Waals surface area (Å²) < 4.78 is 15.9. The smallest absolute Gasteiger partial charge is 0.228 e. The van der Waals surface area contributed by atoms with Gasteiger partial charge >= 0.3 is 0 Å². The molecule has 1 atom stereocenters. The molecule has 0 radical (unpaired) electrons. The summed E-state index contributed by atoms with van der Waals surface area (Å²) in [4.78, 5) is 21.1. The number of amides is 1. The second-order valence-electron chi connectivity index (χ2n) is 13.7. The Balaban J connectivity index is 1.27. The molecule has 0 unspecified atom stereocenters. The SMILES string of the molecule is CC(C)(C)N1CCC(n2cc([C@@H](Nc3cc(Cl)c4ncc(C#N)c(Nc5ccc(F)c(Cl)c5)c4c3)c3cccc(N4CCC4=O)c3)nn2)CC1. The van der Waals surface area contributed by atoms with Gasteiger partial charge in [-0.05, 0) is 81.6 Å². The average molecular weight is 713 g/mol. The molecule has 1 amide bonds. The molecule has 0 saturated carbocycles. The lowest BCUT2D eigenvalue weighted by atomic mass is 9.98. The highest BCUT2D eigenvalue weighted by Crippen LogP contribution is 2.38. The minimum Gasteiger partial charge on any atom is -0.373 e. The van der Waals surface area contributed by atoms with Crippen molar-refractivity contribution in [1.82, 2.24) is 24.9 Å². The Morgan fingerprint density at radius 3 is 2.48 bits per heavy atom. The summed E-state index contributed by atoms with van der Waals surface area (Å²) in [6.45, 7) is 9.36. The molecule has 0 aliphatic carbocycles. The van der Waals surface area contributed by atoms with Gasteiger partial charge in [-0.1, -0.05) is 40.5 Å². The van der Waals surface area contributed by atoms with Gasteiger partial charge < -0.3 is 15.5 Å². The molecule has 2 fully saturated rings. The third kappa shape index (κ3) is 6.71. The number of hydrogen-bond donors (Lipinski definition) is 2. The Morgan fingerprint density at radius 2 is 1.80 bits per heavy atom. The summed E-state index contributed by atoms with van der Waals surface area (Å²) >= 11 is 12.9. The lowest BCUT2D eigenvalue weighted by molar-refractivity contribution is -0.122. The van der Waals surface area contributed by atoms with E-state index in [0.29, 0.717) is 51.6 Å². The third-order valence-corrected chi connectivity index (χ3v) is 10.1. The predicted octanol–water partition coefficient (Wildman–Crippen LogP) is 8.26. The number of anilines is 4. The van der Waals surface area contributed by atoms with Crippen LogP contribution in [0.25, 0.3) is 10.9 Å². The van der Waals surface area contributed by atoms with Crippen LogP contribution in [-0.2, 0) is 4.79 Å². The van der Waals surface area contributed by atoms with Crippen LogP contribution in [0.3, 0.4) is 0 Å². The first-order valence-electron chi connectivity index (χ1n) is 16.6. The molecule has 2 aliphatic rings. The quantitative estimate of drug-likeness (QED) is 0.155. The first kappa shape index (κ1) is 33.7. The minimum absolute atomic E-state index is 0.0509. The zero-order valence-electron chi connectivity index (χ0n) is 27.9. The molecule has 3 aromatic carbocycles. The fourth-order valence-electron chi connectivity index (χ4n) is 6.64. The number of piperidine rings is 1. The summed E-state index contributed by atoms with van der Waals surface area (Å²) in [6.07, 6.45) is 5.91. The zero-order chi connectivity index (χ0) is 35.2. The average Bonchev–Trinajstić information content (AvgIpc) is 3.58. The number of nitrogens with one attached hydrogen (secondary N) is 2. The molecule has 4 heterocycles. The highest BCUT2D eigenvalue weighted by molar-refractivity contribution is 6.36. The second kappa shape index (κ2) is 13.5. The first-order chi connectivity index (χ1) is 24.0. The summed E-state index contributed by atoms with van der Waals surface area (Å²) in [7, 11) is 0. The van der Waals surface area contributed by atoms with Gasteiger partial charge in [-0.3, -0.25) is 14.7 Å². The molecule has 0 bridgehead atoms. The number of carbonyl (C=O) groups excluding carboxylic acids is 1. The Kier molecular flexibility index (Phi) is 9.11. The van der Waals surface area contributed by atoms with Gasteiger partial charge in [0, 0.05) is 60.2 Å². The van der Waals surface area contributed by atoms with Crippen LogP contribution in [0.1, 0.15) is 68.9 Å². The number of halogens is 3. The number of rotatable bonds is 8. The summed E-state index contributed by atoms with van der Waals surface area (Å²) in [5.41, 5.74) is 4.86. The molecule has 2 aliphatic heterocycles. The van der Waals surface area contributed by atoms with E-state index in [1.165, 1.54) is 18.3 Å². The molecule has 256 valence electrons. The van der Waals surface area contributed by atoms with Gasteiger partial charge in [-0.15, -0.1) is 5.10 Å². The number of pyridine rings is 1. The fourth-order valence-corrected chi connectivity index (χ4v) is 7.09. The van der Waals surface area contributed by atoms with E-state index in [4.69, 9.17) is 23.2 Å². The van der Waals surface area contributed by atoms with Crippen LogP contribution in [-0.4, -0.2) is 56.0 Å². The van der Waals surface area contributed by atoms with Gasteiger partial charge in [-0.2, -0.15) is 5.26 Å². The monoisotopic (exact) mass is 711 g/mol. The number of benzene rings is 3. The summed E-state index contributed by atoms with van der Waals surface area (Å²) in [6, 6.07) is 17.7. The number of hydrogen-bond acceptors (Lipinski definition) is 8. The zero-order valence-corrected chi connectivity index (χ0v) is 29.4. The van der Waals surface area contributed by atoms with Gasteiger partial charge in [0.15, 0.2) is 0 Å². The third-order valence-electron chi connectivity index (χ3n) is 9.52. The van der Waals surface area contributed by atoms with Crippen molar-refractivity contribution in [3.63, 3.8) is 0 Å². The van der Waals surface area contributed by atoms with Crippen LogP contribution in [0.4, 0.5) is 27.1 Å². The molecule has 10 nitrogen and oxygen atoms in total. The van der Waals surface area contributed by atoms with E-state index in [1.807, 2.05) is 41.2 Å². The molecule has 2 aromatic heterocycles. The topological polar surface area (TPSA) is 115 Å². The summed E-state index contributed by atoms with van der Waals surface area (Å²) in [5, 5.41) is 27.0. The molecular weight excluding hydrogens is 676 g/mol. The predicted molar refractivity (Wildman–Crippen MR) is 195 cm³/mol. The lowest BCUT2D eigenvalue weighted by Gasteiger charge is -2.40. The largest absolute Gasteiger partial charge is 0.373 e. The van der Waals surface area contributed by atoms with Gasteiger partial charge in [0.05, 0.1) is 45.1 Å². The number of aromatic nitrogens is 4. The molecule has 7 rings (SSSR count). The van der Waals surface area contributed by atoms with Crippen molar-refractivity contribution >= 4 is 62.8 Å². The van der Waals surface area contributed by atoms with Gasteiger partial charge in [0.1, 0.15) is 17.6 Å². The van der Waals surface area contributed by atoms with Crippen molar-refractivity contribution in [2.45, 2.75) is 57.7 Å². The van der Waals surface area contributed by atoms with E-state index < -0.39 is 11.9 Å². The van der Waals surface area contributed by atoms with Crippen LogP contribution in [0.5, 0.6) is 0 Å². The molecule has 2 N–H and O–H groups in total. The normalized spacial score (nSPS) is 16.3. The van der Waals surface area contributed by atoms with Crippen LogP contribution < -0.4 is 15.5 Å². The van der Waals surface area contributed by atoms with E-state index in [2.05, 4.69) is 57.7 Å². The van der Waals surface area contributed by atoms with E-state index in [1.54, 1.807) is 17.0 Å². The number of β-lactam (4-membered cyclic amide) rings is 1. The van der Waals surface area contributed by atoms with E-state index in [9.17, 15) is 14.4 Å². The molecule has 0 spiro atoms. The van der Waals surface area contributed by atoms with Crippen LogP contribution in [0, 0.1) is 17.1 Å². The minimum atomic E-state index is -0.548. The molecule has 50 heavy (non-hydrogen) atoms. The molecule has 2 saturated heterocycles. The molecular formula is C37H36Cl2FN9O. The van der Waals surface area contributed by atoms with Crippen molar-refractivity contribution < 1.29 is 9.18 Å². The van der Waals surface area contributed by atoms with E-state index in [-0.39, 0.29) is 28.1 Å². The van der Waals surface area contributed by atoms with Crippen LogP contribution in [0.2, 0.25) is 10.0 Å². The Labute approximate surface area is 299 Å². The van der Waals surface area contributed by atoms with Crippen molar-refractivity contribution in [3.8, 4) is 6.07 Å². The molecule has 5 aromatic rings. The number of fused-ring (bicyclic) bond motifs is 1. The first-order valence-corrected chi connectivity index (χ1v) is 17.3. The maximum absolute atomic E-state index is 13.9. The fraction of sp³-hybridized carbons (Fsp3) is 0.324. The maximum Gasteiger partial charge on any atom is 0.228 e. The Bertz CT molecular complexity index is 2130. The maximum atomic E-state index is 13.9. The van der Waals surface area contributed by atoms with Crippen LogP contribution >= 0.6 is 23.2 Å². The van der Waals surface area contributed by atoms with Crippen molar-refractivity contribution in [2.75, 3.05) is 35.2 Å². The number of carbonyl (C=O) groups is 1. The summed E-state index contributed by atoms with van der Waals surface area (Å²) in [5.74, 6) is -0.462. The highest BCUT2D eigenvalue weighted by Gasteiger charge is 2.30. The number of likely N-dealkylation sites (tertiary alicyclic amines) is 1.